The van der Waals surface area contributed by atoms with Gasteiger partial charge in [-0.05, 0) is 26.7 Å². The molecule has 0 aromatic rings. The van der Waals surface area contributed by atoms with Gasteiger partial charge < -0.3 is 4.74 Å². The summed E-state index contributed by atoms with van der Waals surface area (Å²) in [6.45, 7) is 6.69. The number of terminal acetylenes is 1. The molecule has 0 bridgehead atoms. The number of carbonyl (C=O) groups is 1. The topological polar surface area (TPSA) is 26.3 Å². The van der Waals surface area contributed by atoms with Crippen LogP contribution in [0.15, 0.2) is 0 Å². The molecule has 0 aromatic carbocycles. The second kappa shape index (κ2) is 5.32. The molecule has 0 radical (unpaired) electrons. The first-order chi connectivity index (χ1) is 6.34. The Morgan fingerprint density at radius 2 is 2.21 bits per heavy atom. The third-order valence-electron chi connectivity index (χ3n) is 1.78. The second-order valence-corrected chi connectivity index (χ2v) is 6.08. The minimum absolute atomic E-state index is 0.655. The van der Waals surface area contributed by atoms with Gasteiger partial charge in [0.1, 0.15) is 0 Å². The first kappa shape index (κ1) is 13.4. The van der Waals surface area contributed by atoms with Crippen molar-refractivity contribution in [2.75, 3.05) is 12.8 Å². The highest BCUT2D eigenvalue weighted by Crippen LogP contribution is 2.38. The third kappa shape index (κ3) is 4.07. The van der Waals surface area contributed by atoms with Gasteiger partial charge in [0.05, 0.1) is 0 Å². The van der Waals surface area contributed by atoms with E-state index < -0.39 is 25.4 Å². The molecule has 2 unspecified atom stereocenters. The molecule has 0 saturated heterocycles. The van der Waals surface area contributed by atoms with Crippen molar-refractivity contribution in [3.8, 4) is 12.3 Å². The van der Waals surface area contributed by atoms with Gasteiger partial charge in [0.2, 0.25) is 5.91 Å². The SMILES string of the molecule is C#CC(C)(C)OC(=O)C(F)P(C)CC. The van der Waals surface area contributed by atoms with Crippen LogP contribution in [0, 0.1) is 12.3 Å². The number of esters is 1. The van der Waals surface area contributed by atoms with Crippen LogP contribution in [0.3, 0.4) is 0 Å². The van der Waals surface area contributed by atoms with Crippen molar-refractivity contribution in [1.82, 2.24) is 0 Å². The Balaban J connectivity index is 4.30. The van der Waals surface area contributed by atoms with Crippen molar-refractivity contribution in [2.24, 2.45) is 0 Å². The highest BCUT2D eigenvalue weighted by Gasteiger charge is 2.29. The zero-order chi connectivity index (χ0) is 11.4. The molecule has 0 heterocycles. The Morgan fingerprint density at radius 1 is 1.71 bits per heavy atom. The Kier molecular flexibility index (Phi) is 5.08. The molecule has 0 amide bonds. The molecule has 4 heteroatoms. The van der Waals surface area contributed by atoms with Crippen molar-refractivity contribution >= 4 is 13.9 Å². The molecule has 80 valence electrons. The maximum Gasteiger partial charge on any atom is 0.346 e. The monoisotopic (exact) mass is 218 g/mol. The number of alkyl halides is 1. The first-order valence-electron chi connectivity index (χ1n) is 4.39. The lowest BCUT2D eigenvalue weighted by atomic mass is 10.1. The van der Waals surface area contributed by atoms with E-state index in [1.807, 2.05) is 6.92 Å². The zero-order valence-electron chi connectivity index (χ0n) is 9.00. The van der Waals surface area contributed by atoms with Crippen LogP contribution in [0.1, 0.15) is 20.8 Å². The molecule has 2 nitrogen and oxygen atoms in total. The summed E-state index contributed by atoms with van der Waals surface area (Å²) in [5, 5.41) is 0. The number of rotatable bonds is 4. The van der Waals surface area contributed by atoms with Gasteiger partial charge in [-0.3, -0.25) is 0 Å². The summed E-state index contributed by atoms with van der Waals surface area (Å²) in [4.78, 5) is 11.2. The minimum atomic E-state index is -1.53. The molecule has 0 rings (SSSR count). The summed E-state index contributed by atoms with van der Waals surface area (Å²) in [5.41, 5.74) is -1.02. The first-order valence-corrected chi connectivity index (χ1v) is 6.43. The number of halogens is 1. The van der Waals surface area contributed by atoms with E-state index in [1.54, 1.807) is 20.5 Å². The minimum Gasteiger partial charge on any atom is -0.444 e. The van der Waals surface area contributed by atoms with Crippen LogP contribution in [0.2, 0.25) is 0 Å². The summed E-state index contributed by atoms with van der Waals surface area (Å²) in [6, 6.07) is 0. The molecular weight excluding hydrogens is 202 g/mol. The van der Waals surface area contributed by atoms with Crippen molar-refractivity contribution in [3.05, 3.63) is 0 Å². The van der Waals surface area contributed by atoms with Crippen LogP contribution < -0.4 is 0 Å². The fourth-order valence-corrected chi connectivity index (χ4v) is 1.40. The molecular formula is C10H16FO2P. The van der Waals surface area contributed by atoms with E-state index in [0.717, 1.165) is 0 Å². The molecule has 0 aliphatic heterocycles. The average molecular weight is 218 g/mol. The van der Waals surface area contributed by atoms with Gasteiger partial charge in [-0.1, -0.05) is 20.8 Å². The van der Waals surface area contributed by atoms with E-state index in [0.29, 0.717) is 6.16 Å². The zero-order valence-corrected chi connectivity index (χ0v) is 9.90. The predicted molar refractivity (Wildman–Crippen MR) is 57.3 cm³/mol. The van der Waals surface area contributed by atoms with Crippen molar-refractivity contribution in [1.29, 1.82) is 0 Å². The summed E-state index contributed by atoms with van der Waals surface area (Å²) in [6.07, 6.45) is 5.77. The molecule has 0 saturated carbocycles. The Labute approximate surface area is 86.0 Å². The number of hydrogen-bond donors (Lipinski definition) is 0. The van der Waals surface area contributed by atoms with Crippen molar-refractivity contribution in [2.45, 2.75) is 32.3 Å². The molecule has 0 aromatic heterocycles. The van der Waals surface area contributed by atoms with Gasteiger partial charge in [-0.2, -0.15) is 0 Å². The molecule has 14 heavy (non-hydrogen) atoms. The van der Waals surface area contributed by atoms with Crippen LogP contribution in [0.5, 0.6) is 0 Å². The molecule has 0 fully saturated rings. The van der Waals surface area contributed by atoms with Crippen LogP contribution in [-0.4, -0.2) is 30.3 Å². The lowest BCUT2D eigenvalue weighted by Gasteiger charge is -2.22. The quantitative estimate of drug-likeness (QED) is 0.411. The van der Waals surface area contributed by atoms with Crippen LogP contribution in [-0.2, 0) is 9.53 Å². The lowest BCUT2D eigenvalue weighted by Crippen LogP contribution is -2.30. The highest BCUT2D eigenvalue weighted by molar-refractivity contribution is 7.58. The summed E-state index contributed by atoms with van der Waals surface area (Å²) in [5.74, 6) is -0.0879. The van der Waals surface area contributed by atoms with Gasteiger partial charge in [0, 0.05) is 0 Å². The average Bonchev–Trinajstić information content (AvgIpc) is 2.14. The van der Waals surface area contributed by atoms with Gasteiger partial charge >= 0.3 is 5.97 Å². The third-order valence-corrected chi connectivity index (χ3v) is 3.77. The number of hydrogen-bond acceptors (Lipinski definition) is 2. The van der Waals surface area contributed by atoms with Crippen molar-refractivity contribution < 1.29 is 13.9 Å². The van der Waals surface area contributed by atoms with Crippen molar-refractivity contribution in [3.63, 3.8) is 0 Å². The summed E-state index contributed by atoms with van der Waals surface area (Å²) < 4.78 is 18.2. The van der Waals surface area contributed by atoms with Gasteiger partial charge in [0.15, 0.2) is 5.60 Å². The number of carbonyl (C=O) groups excluding carboxylic acids is 1. The van der Waals surface area contributed by atoms with E-state index in [2.05, 4.69) is 5.92 Å². The van der Waals surface area contributed by atoms with Crippen LogP contribution in [0.4, 0.5) is 4.39 Å². The fourth-order valence-electron chi connectivity index (χ4n) is 0.670. The lowest BCUT2D eigenvalue weighted by molar-refractivity contribution is -0.154. The maximum absolute atomic E-state index is 13.3. The Hall–Kier alpha value is -0.610. The molecule has 0 N–H and O–H groups in total. The van der Waals surface area contributed by atoms with Gasteiger partial charge in [-0.15, -0.1) is 6.42 Å². The predicted octanol–water partition coefficient (Wildman–Crippen LogP) is 2.37. The molecule has 0 aliphatic carbocycles. The standard InChI is InChI=1S/C10H16FO2P/c1-6-10(3,4)13-9(12)8(11)14(5)7-2/h1,8H,7H2,2-5H3. The van der Waals surface area contributed by atoms with E-state index in [-0.39, 0.29) is 0 Å². The Bertz CT molecular complexity index is 245. The van der Waals surface area contributed by atoms with Gasteiger partial charge in [0.25, 0.3) is 0 Å². The van der Waals surface area contributed by atoms with Crippen LogP contribution in [0.25, 0.3) is 0 Å². The van der Waals surface area contributed by atoms with E-state index in [4.69, 9.17) is 11.2 Å². The normalized spacial score (nSPS) is 15.4. The maximum atomic E-state index is 13.3. The van der Waals surface area contributed by atoms with Crippen LogP contribution >= 0.6 is 7.92 Å². The smallest absolute Gasteiger partial charge is 0.346 e. The molecule has 0 spiro atoms. The van der Waals surface area contributed by atoms with Gasteiger partial charge in [-0.25, -0.2) is 9.18 Å². The Morgan fingerprint density at radius 3 is 2.57 bits per heavy atom. The molecule has 0 aliphatic rings. The summed E-state index contributed by atoms with van der Waals surface area (Å²) >= 11 is 0. The number of ether oxygens (including phenoxy) is 1. The van der Waals surface area contributed by atoms with E-state index in [9.17, 15) is 9.18 Å². The molecule has 2 atom stereocenters. The second-order valence-electron chi connectivity index (χ2n) is 3.48. The summed E-state index contributed by atoms with van der Waals surface area (Å²) in [7, 11) is -0.947. The largest absolute Gasteiger partial charge is 0.444 e. The highest BCUT2D eigenvalue weighted by atomic mass is 31.1. The fraction of sp³-hybridized carbons (Fsp3) is 0.700. The van der Waals surface area contributed by atoms with E-state index in [1.165, 1.54) is 0 Å². The van der Waals surface area contributed by atoms with E-state index >= 15 is 0 Å².